The van der Waals surface area contributed by atoms with Gasteiger partial charge in [0.05, 0.1) is 29.8 Å². The first-order valence-corrected chi connectivity index (χ1v) is 16.3. The average molecular weight is 686 g/mol. The topological polar surface area (TPSA) is 217 Å². The normalized spacial score (nSPS) is 26.4. The number of anilines is 2. The number of nitrogens with zero attached hydrogens (tertiary/aromatic N) is 3. The number of aliphatic hydroxyl groups is 1. The van der Waals surface area contributed by atoms with Crippen molar-refractivity contribution in [2.45, 2.75) is 70.6 Å². The molecule has 6 atom stereocenters. The SMILES string of the molecule is CCCCOC(=O)N(CC(=O)Nc1cc(N(C)C)c2c(c1O)C(=O)C1C(=O)[C@]3(O)C(=O)C(C(N)=O)C(=O)[C@@H](N(C)C)[C@@H]3C[C@@H]1C2)C(C)(C)C. The number of benzene rings is 1. The highest BCUT2D eigenvalue weighted by molar-refractivity contribution is 6.32. The number of carbonyl (C=O) groups is 7. The van der Waals surface area contributed by atoms with Crippen LogP contribution < -0.4 is 16.0 Å². The lowest BCUT2D eigenvalue weighted by Crippen LogP contribution is -2.74. The molecule has 0 spiro atoms. The third kappa shape index (κ3) is 6.41. The number of phenols is 1. The molecule has 4 rings (SSSR count). The Morgan fingerprint density at radius 2 is 1.71 bits per heavy atom. The van der Waals surface area contributed by atoms with Crippen molar-refractivity contribution < 1.29 is 48.5 Å². The molecular weight excluding hydrogens is 638 g/mol. The fourth-order valence-electron chi connectivity index (χ4n) is 7.44. The Bertz CT molecular complexity index is 1600. The number of hydrogen-bond acceptors (Lipinski definition) is 12. The molecule has 15 heteroatoms. The quantitative estimate of drug-likeness (QED) is 0.162. The molecule has 0 radical (unpaired) electrons. The second-order valence-corrected chi connectivity index (χ2v) is 14.6. The number of ether oxygens (including phenoxy) is 1. The lowest BCUT2D eigenvalue weighted by molar-refractivity contribution is -0.181. The lowest BCUT2D eigenvalue weighted by Gasteiger charge is -2.52. The number of Topliss-reactive ketones (excluding diaryl/α,β-unsaturated/α-hetero) is 4. The number of fused-ring (bicyclic) bond motifs is 3. The minimum Gasteiger partial charge on any atom is -0.505 e. The second kappa shape index (κ2) is 13.5. The number of nitrogens with two attached hydrogens (primary N) is 1. The van der Waals surface area contributed by atoms with Crippen molar-refractivity contribution in [3.63, 3.8) is 0 Å². The van der Waals surface area contributed by atoms with E-state index in [4.69, 9.17) is 10.5 Å². The summed E-state index contributed by atoms with van der Waals surface area (Å²) in [6.45, 7) is 6.88. The molecule has 0 saturated heterocycles. The van der Waals surface area contributed by atoms with Crippen molar-refractivity contribution in [1.82, 2.24) is 9.80 Å². The maximum atomic E-state index is 14.3. The van der Waals surface area contributed by atoms with Crippen LogP contribution in [0, 0.1) is 23.7 Å². The summed E-state index contributed by atoms with van der Waals surface area (Å²) in [5.74, 6) is -12.5. The summed E-state index contributed by atoms with van der Waals surface area (Å²) in [6.07, 6.45) is 0.732. The van der Waals surface area contributed by atoms with E-state index in [0.717, 1.165) is 6.42 Å². The number of hydrogen-bond donors (Lipinski definition) is 4. The molecule has 49 heavy (non-hydrogen) atoms. The molecular formula is C34H47N5O10. The minimum atomic E-state index is -2.86. The van der Waals surface area contributed by atoms with E-state index in [1.54, 1.807) is 39.8 Å². The summed E-state index contributed by atoms with van der Waals surface area (Å²) < 4.78 is 5.33. The first-order chi connectivity index (χ1) is 22.7. The van der Waals surface area contributed by atoms with Crippen LogP contribution in [0.1, 0.15) is 62.9 Å². The molecule has 2 fully saturated rings. The molecule has 0 bridgehead atoms. The van der Waals surface area contributed by atoms with Gasteiger partial charge in [-0.3, -0.25) is 38.6 Å². The number of phenolic OH excluding ortho intramolecular Hbond substituents is 1. The van der Waals surface area contributed by atoms with E-state index in [9.17, 15) is 43.8 Å². The van der Waals surface area contributed by atoms with Gasteiger partial charge < -0.3 is 30.9 Å². The molecule has 2 saturated carbocycles. The molecule has 268 valence electrons. The Kier molecular flexibility index (Phi) is 10.3. The number of unbranched alkanes of at least 4 members (excludes halogenated alkanes) is 1. The molecule has 3 aliphatic carbocycles. The van der Waals surface area contributed by atoms with Crippen molar-refractivity contribution in [2.75, 3.05) is 51.6 Å². The summed E-state index contributed by atoms with van der Waals surface area (Å²) in [4.78, 5) is 98.0. The van der Waals surface area contributed by atoms with Gasteiger partial charge in [0.2, 0.25) is 11.8 Å². The highest BCUT2D eigenvalue weighted by Gasteiger charge is 2.69. The Hall–Kier alpha value is -4.37. The third-order valence-electron chi connectivity index (χ3n) is 9.85. The predicted molar refractivity (Wildman–Crippen MR) is 177 cm³/mol. The van der Waals surface area contributed by atoms with Crippen LogP contribution in [0.2, 0.25) is 0 Å². The van der Waals surface area contributed by atoms with Crippen LogP contribution in [0.15, 0.2) is 6.07 Å². The fraction of sp³-hybridized carbons (Fsp3) is 0.618. The number of amides is 3. The van der Waals surface area contributed by atoms with E-state index in [2.05, 4.69) is 5.32 Å². The van der Waals surface area contributed by atoms with E-state index >= 15 is 0 Å². The monoisotopic (exact) mass is 685 g/mol. The molecule has 3 aliphatic rings. The Balaban J connectivity index is 1.74. The zero-order valence-corrected chi connectivity index (χ0v) is 29.3. The van der Waals surface area contributed by atoms with E-state index in [-0.39, 0.29) is 30.7 Å². The van der Waals surface area contributed by atoms with Gasteiger partial charge in [-0.15, -0.1) is 0 Å². The van der Waals surface area contributed by atoms with Gasteiger partial charge in [0.1, 0.15) is 12.3 Å². The molecule has 1 aromatic carbocycles. The smallest absolute Gasteiger partial charge is 0.410 e. The number of primary amides is 1. The summed E-state index contributed by atoms with van der Waals surface area (Å²) in [5, 5.41) is 25.9. The number of nitrogens with one attached hydrogen (secondary N) is 1. The molecule has 0 aliphatic heterocycles. The van der Waals surface area contributed by atoms with Gasteiger partial charge in [-0.05, 0) is 71.7 Å². The number of ketones is 4. The van der Waals surface area contributed by atoms with Gasteiger partial charge in [-0.25, -0.2) is 4.79 Å². The number of carbonyl (C=O) groups excluding carboxylic acids is 7. The molecule has 0 heterocycles. The van der Waals surface area contributed by atoms with Crippen LogP contribution in [-0.4, -0.2) is 120 Å². The van der Waals surface area contributed by atoms with Gasteiger partial charge in [-0.2, -0.15) is 0 Å². The van der Waals surface area contributed by atoms with Gasteiger partial charge in [0.15, 0.2) is 34.7 Å². The van der Waals surface area contributed by atoms with Crippen LogP contribution >= 0.6 is 0 Å². The second-order valence-electron chi connectivity index (χ2n) is 14.6. The molecule has 0 aromatic heterocycles. The van der Waals surface area contributed by atoms with Crippen LogP contribution in [0.25, 0.3) is 0 Å². The highest BCUT2D eigenvalue weighted by Crippen LogP contribution is 2.52. The molecule has 3 amide bonds. The number of likely N-dealkylation sites (N-methyl/N-ethyl adjacent to an activating group) is 1. The Morgan fingerprint density at radius 1 is 1.08 bits per heavy atom. The summed E-state index contributed by atoms with van der Waals surface area (Å²) in [5.41, 5.74) is 2.13. The maximum Gasteiger partial charge on any atom is 0.410 e. The maximum absolute atomic E-state index is 14.3. The van der Waals surface area contributed by atoms with E-state index in [1.807, 2.05) is 6.92 Å². The van der Waals surface area contributed by atoms with Crippen LogP contribution in [0.4, 0.5) is 16.2 Å². The van der Waals surface area contributed by atoms with Crippen molar-refractivity contribution >= 4 is 52.4 Å². The number of rotatable bonds is 9. The standard InChI is InChI=1S/C34H47N5O10/c1-9-10-11-49-32(47)39(33(2,3)4)15-21(40)36-19-14-20(37(5)6)17-12-16-13-18-25(38(7)8)28(43)24(31(35)46)30(45)34(18,48)29(44)22(16)27(42)23(17)26(19)41/h14,16,18,22,24-25,41,48H,9-13,15H2,1-8H3,(H2,35,46)(H,36,40)/t16-,18-,22?,24?,25-,34-/m0/s1. The van der Waals surface area contributed by atoms with Crippen molar-refractivity contribution in [2.24, 2.45) is 29.4 Å². The van der Waals surface area contributed by atoms with Gasteiger partial charge in [0.25, 0.3) is 0 Å². The third-order valence-corrected chi connectivity index (χ3v) is 9.85. The molecule has 15 nitrogen and oxygen atoms in total. The Labute approximate surface area is 285 Å². The molecule has 1 aromatic rings. The van der Waals surface area contributed by atoms with Crippen molar-refractivity contribution in [1.29, 1.82) is 0 Å². The first-order valence-electron chi connectivity index (χ1n) is 16.3. The van der Waals surface area contributed by atoms with E-state index in [1.165, 1.54) is 30.0 Å². The van der Waals surface area contributed by atoms with Crippen molar-refractivity contribution in [3.05, 3.63) is 17.2 Å². The lowest BCUT2D eigenvalue weighted by atomic mass is 9.52. The highest BCUT2D eigenvalue weighted by atomic mass is 16.6. The zero-order valence-electron chi connectivity index (χ0n) is 29.3. The molecule has 2 unspecified atom stereocenters. The van der Waals surface area contributed by atoms with Gasteiger partial charge in [-0.1, -0.05) is 13.3 Å². The van der Waals surface area contributed by atoms with E-state index in [0.29, 0.717) is 17.7 Å². The average Bonchev–Trinajstić information content (AvgIpc) is 2.98. The molecule has 5 N–H and O–H groups in total. The van der Waals surface area contributed by atoms with Crippen molar-refractivity contribution in [3.8, 4) is 5.75 Å². The fourth-order valence-corrected chi connectivity index (χ4v) is 7.44. The van der Waals surface area contributed by atoms with Crippen LogP contribution in [0.3, 0.4) is 0 Å². The Morgan fingerprint density at radius 3 is 2.24 bits per heavy atom. The first kappa shape index (κ1) is 37.4. The number of aromatic hydroxyl groups is 1. The minimum absolute atomic E-state index is 0.0581. The van der Waals surface area contributed by atoms with E-state index < -0.39 is 94.2 Å². The largest absolute Gasteiger partial charge is 0.505 e. The van der Waals surface area contributed by atoms with Crippen LogP contribution in [-0.2, 0) is 35.1 Å². The van der Waals surface area contributed by atoms with Gasteiger partial charge in [0, 0.05) is 31.2 Å². The van der Waals surface area contributed by atoms with Crippen LogP contribution in [0.5, 0.6) is 5.75 Å². The predicted octanol–water partition coefficient (Wildman–Crippen LogP) is 0.909. The van der Waals surface area contributed by atoms with Gasteiger partial charge >= 0.3 is 6.09 Å². The summed E-state index contributed by atoms with van der Waals surface area (Å²) in [7, 11) is 6.42. The summed E-state index contributed by atoms with van der Waals surface area (Å²) >= 11 is 0. The zero-order chi connectivity index (χ0) is 36.9. The summed E-state index contributed by atoms with van der Waals surface area (Å²) in [6, 6.07) is 0.271.